The molecule has 0 amide bonds. The minimum atomic E-state index is -1.67. The summed E-state index contributed by atoms with van der Waals surface area (Å²) in [6.07, 6.45) is -1.67. The second kappa shape index (κ2) is 6.47. The van der Waals surface area contributed by atoms with Crippen molar-refractivity contribution in [3.05, 3.63) is 0 Å². The number of carboxylic acids is 1. The van der Waals surface area contributed by atoms with Crippen LogP contribution in [0.15, 0.2) is 0 Å². The van der Waals surface area contributed by atoms with E-state index in [0.29, 0.717) is 0 Å². The van der Waals surface area contributed by atoms with E-state index in [1.165, 1.54) is 0 Å². The van der Waals surface area contributed by atoms with Crippen molar-refractivity contribution in [2.24, 2.45) is 11.7 Å². The van der Waals surface area contributed by atoms with Crippen LogP contribution in [0.5, 0.6) is 0 Å². The van der Waals surface area contributed by atoms with Gasteiger partial charge in [0, 0.05) is 0 Å². The molecule has 0 saturated carbocycles. The summed E-state index contributed by atoms with van der Waals surface area (Å²) in [5, 5.41) is 22.8. The topological polar surface area (TPSA) is 104 Å². The summed E-state index contributed by atoms with van der Waals surface area (Å²) >= 11 is 0. The van der Waals surface area contributed by atoms with Gasteiger partial charge in [-0.25, -0.2) is 0 Å². The van der Waals surface area contributed by atoms with E-state index in [1.807, 2.05) is 0 Å². The number of aliphatic carboxylic acids is 1. The molecule has 0 aliphatic carbocycles. The van der Waals surface area contributed by atoms with Crippen LogP contribution in [0.4, 0.5) is 0 Å². The van der Waals surface area contributed by atoms with Crippen LogP contribution in [0.2, 0.25) is 0 Å². The van der Waals surface area contributed by atoms with E-state index in [2.05, 4.69) is 5.73 Å². The second-order valence-corrected chi connectivity index (χ2v) is 1.91. The Balaban J connectivity index is 0. The number of aliphatic hydroxyl groups is 2. The molecule has 0 rings (SSSR count). The summed E-state index contributed by atoms with van der Waals surface area (Å²) in [5.41, 5.74) is 4.22. The van der Waals surface area contributed by atoms with E-state index in [4.69, 9.17) is 15.3 Å². The van der Waals surface area contributed by atoms with Gasteiger partial charge in [-0.05, 0) is 0 Å². The lowest BCUT2D eigenvalue weighted by Gasteiger charge is -1.89. The molecule has 62 valence electrons. The first-order valence-electron chi connectivity index (χ1n) is 2.72. The molecule has 0 bridgehead atoms. The van der Waals surface area contributed by atoms with Gasteiger partial charge >= 0.3 is 5.97 Å². The third kappa shape index (κ3) is 26.4. The van der Waals surface area contributed by atoms with Gasteiger partial charge in [0.05, 0.1) is 5.92 Å². The Hall–Kier alpha value is -0.650. The number of rotatable bonds is 1. The Kier molecular flexibility index (Phi) is 7.81. The van der Waals surface area contributed by atoms with Crippen LogP contribution in [0.25, 0.3) is 0 Å². The van der Waals surface area contributed by atoms with Crippen molar-refractivity contribution in [3.63, 3.8) is 0 Å². The molecule has 0 aliphatic rings. The van der Waals surface area contributed by atoms with Gasteiger partial charge in [-0.1, -0.05) is 13.8 Å². The third-order valence-electron chi connectivity index (χ3n) is 0.494. The molecular formula is C5H13NO4. The van der Waals surface area contributed by atoms with E-state index >= 15 is 0 Å². The smallest absolute Gasteiger partial charge is 0.305 e. The van der Waals surface area contributed by atoms with Gasteiger partial charge in [0.25, 0.3) is 0 Å². The molecule has 5 N–H and O–H groups in total. The molecule has 0 aliphatic heterocycles. The number of hydrogen-bond acceptors (Lipinski definition) is 4. The minimum Gasteiger partial charge on any atom is -0.481 e. The number of nitrogens with two attached hydrogens (primary N) is 1. The van der Waals surface area contributed by atoms with Gasteiger partial charge < -0.3 is 15.3 Å². The van der Waals surface area contributed by atoms with Crippen LogP contribution in [-0.4, -0.2) is 27.7 Å². The molecule has 5 heteroatoms. The highest BCUT2D eigenvalue weighted by Crippen LogP contribution is 1.87. The molecule has 0 saturated heterocycles. The maximum Gasteiger partial charge on any atom is 0.305 e. The number of carbonyl (C=O) groups is 1. The first-order chi connectivity index (χ1) is 4.37. The van der Waals surface area contributed by atoms with Gasteiger partial charge in [0.2, 0.25) is 6.41 Å². The summed E-state index contributed by atoms with van der Waals surface area (Å²) in [5.74, 6) is -0.972. The SMILES string of the molecule is CC(C)C(=O)O.NC(O)O. The fraction of sp³-hybridized carbons (Fsp3) is 0.800. The average molecular weight is 151 g/mol. The molecule has 0 spiro atoms. The van der Waals surface area contributed by atoms with Crippen molar-refractivity contribution in [2.45, 2.75) is 20.3 Å². The molecule has 10 heavy (non-hydrogen) atoms. The quantitative estimate of drug-likeness (QED) is 0.358. The van der Waals surface area contributed by atoms with Gasteiger partial charge in [0.1, 0.15) is 0 Å². The van der Waals surface area contributed by atoms with Crippen LogP contribution < -0.4 is 5.73 Å². The molecule has 5 nitrogen and oxygen atoms in total. The molecule has 0 aromatic carbocycles. The highest BCUT2D eigenvalue weighted by atomic mass is 16.5. The molecule has 0 heterocycles. The largest absolute Gasteiger partial charge is 0.481 e. The maximum atomic E-state index is 9.70. The Bertz CT molecular complexity index is 88.9. The highest BCUT2D eigenvalue weighted by Gasteiger charge is 1.99. The predicted molar refractivity (Wildman–Crippen MR) is 34.9 cm³/mol. The molecule has 0 aromatic heterocycles. The average Bonchev–Trinajstić information content (AvgIpc) is 1.63. The first kappa shape index (κ1) is 12.1. The Morgan fingerprint density at radius 2 is 1.50 bits per heavy atom. The van der Waals surface area contributed by atoms with E-state index in [0.717, 1.165) is 0 Å². The second-order valence-electron chi connectivity index (χ2n) is 1.91. The lowest BCUT2D eigenvalue weighted by atomic mass is 10.2. The zero-order valence-electron chi connectivity index (χ0n) is 5.98. The van der Waals surface area contributed by atoms with Gasteiger partial charge in [-0.2, -0.15) is 0 Å². The molecule has 0 aromatic rings. The fourth-order valence-corrected chi connectivity index (χ4v) is 0. The van der Waals surface area contributed by atoms with Crippen molar-refractivity contribution in [3.8, 4) is 0 Å². The monoisotopic (exact) mass is 151 g/mol. The Morgan fingerprint density at radius 1 is 1.40 bits per heavy atom. The molecular weight excluding hydrogens is 138 g/mol. The van der Waals surface area contributed by atoms with Crippen molar-refractivity contribution < 1.29 is 20.1 Å². The normalized spacial score (nSPS) is 9.10. The lowest BCUT2D eigenvalue weighted by molar-refractivity contribution is -0.140. The maximum absolute atomic E-state index is 9.70. The van der Waals surface area contributed by atoms with E-state index in [9.17, 15) is 4.79 Å². The van der Waals surface area contributed by atoms with Crippen molar-refractivity contribution in [2.75, 3.05) is 0 Å². The third-order valence-corrected chi connectivity index (χ3v) is 0.494. The fourth-order valence-electron chi connectivity index (χ4n) is 0. The highest BCUT2D eigenvalue weighted by molar-refractivity contribution is 5.68. The van der Waals surface area contributed by atoms with Crippen LogP contribution >= 0.6 is 0 Å². The van der Waals surface area contributed by atoms with Gasteiger partial charge in [0.15, 0.2) is 0 Å². The van der Waals surface area contributed by atoms with Crippen LogP contribution in [-0.2, 0) is 4.79 Å². The van der Waals surface area contributed by atoms with Crippen molar-refractivity contribution in [1.29, 1.82) is 0 Å². The zero-order chi connectivity index (χ0) is 8.73. The number of aliphatic hydroxyl groups excluding tert-OH is 1. The van der Waals surface area contributed by atoms with Crippen LogP contribution in [0.3, 0.4) is 0 Å². The summed E-state index contributed by atoms with van der Waals surface area (Å²) in [6, 6.07) is 0. The van der Waals surface area contributed by atoms with Crippen LogP contribution in [0.1, 0.15) is 13.8 Å². The summed E-state index contributed by atoms with van der Waals surface area (Å²) in [7, 11) is 0. The summed E-state index contributed by atoms with van der Waals surface area (Å²) in [6.45, 7) is 3.28. The van der Waals surface area contributed by atoms with E-state index < -0.39 is 12.4 Å². The number of carboxylic acid groups (broad SMARTS) is 1. The standard InChI is InChI=1S/C4H8O2.CH5NO2/c1-3(2)4(5)6;2-1(3)4/h3H,1-2H3,(H,5,6);1,3-4H,2H2. The van der Waals surface area contributed by atoms with Crippen LogP contribution in [0, 0.1) is 5.92 Å². The van der Waals surface area contributed by atoms with Crippen molar-refractivity contribution in [1.82, 2.24) is 0 Å². The molecule has 0 unspecified atom stereocenters. The van der Waals surface area contributed by atoms with Crippen molar-refractivity contribution >= 4 is 5.97 Å². The zero-order valence-corrected chi connectivity index (χ0v) is 5.98. The minimum absolute atomic E-state index is 0.231. The first-order valence-corrected chi connectivity index (χ1v) is 2.72. The Morgan fingerprint density at radius 3 is 1.50 bits per heavy atom. The molecule has 0 fully saturated rings. The lowest BCUT2D eigenvalue weighted by Crippen LogP contribution is -2.15. The van der Waals surface area contributed by atoms with E-state index in [1.54, 1.807) is 13.8 Å². The summed E-state index contributed by atoms with van der Waals surface area (Å²) in [4.78, 5) is 9.70. The van der Waals surface area contributed by atoms with Gasteiger partial charge in [-0.15, -0.1) is 0 Å². The van der Waals surface area contributed by atoms with E-state index in [-0.39, 0.29) is 5.92 Å². The predicted octanol–water partition coefficient (Wildman–Crippen LogP) is -1.06. The summed E-state index contributed by atoms with van der Waals surface area (Å²) < 4.78 is 0. The Labute approximate surface area is 59.1 Å². The molecule has 0 atom stereocenters. The van der Waals surface area contributed by atoms with Gasteiger partial charge in [-0.3, -0.25) is 10.5 Å². The number of hydrogen-bond donors (Lipinski definition) is 4. The molecule has 0 radical (unpaired) electrons.